The number of hydrogen-bond donors (Lipinski definition) is 0. The number of para-hydroxylation sites is 4. The van der Waals surface area contributed by atoms with Gasteiger partial charge in [0.05, 0.1) is 5.69 Å². The lowest BCUT2D eigenvalue weighted by Crippen LogP contribution is -2.52. The molecule has 0 fully saturated rings. The molecule has 1 aliphatic heterocycles. The Morgan fingerprint density at radius 1 is 0.465 bits per heavy atom. The topological polar surface area (TPSA) is 29.5 Å². The van der Waals surface area contributed by atoms with Gasteiger partial charge in [-0.3, -0.25) is 0 Å². The Balaban J connectivity index is 0.000000507. The van der Waals surface area contributed by atoms with E-state index in [0.717, 1.165) is 57.6 Å². The van der Waals surface area contributed by atoms with Crippen molar-refractivity contribution in [2.24, 2.45) is 0 Å². The van der Waals surface area contributed by atoms with Crippen LogP contribution >= 0.6 is 0 Å². The second-order valence-electron chi connectivity index (χ2n) is 27.9. The molecule has 10 aromatic rings. The average molecular weight is 1130 g/mol. The molecule has 0 radical (unpaired) electrons. The summed E-state index contributed by atoms with van der Waals surface area (Å²) in [6, 6.07) is 73.7. The summed E-state index contributed by atoms with van der Waals surface area (Å²) in [7, 11) is 0. The summed E-state index contributed by atoms with van der Waals surface area (Å²) in [6.45, 7) is 36.3. The molecule has 4 heteroatoms. The second-order valence-corrected chi connectivity index (χ2v) is 27.9. The van der Waals surface area contributed by atoms with Gasteiger partial charge in [0.2, 0.25) is 6.71 Å². The largest absolute Gasteiger partial charge is 0.460 e. The fourth-order valence-corrected chi connectivity index (χ4v) is 12.4. The van der Waals surface area contributed by atoms with Crippen molar-refractivity contribution in [1.82, 2.24) is 0 Å². The van der Waals surface area contributed by atoms with Crippen molar-refractivity contribution in [3.8, 4) is 11.1 Å². The molecule has 0 saturated heterocycles. The van der Waals surface area contributed by atoms with E-state index in [2.05, 4.69) is 316 Å². The SMILES string of the molecule is C/C=C/C(=C\C1=C(Cc2ccc(C(C)(C)C)cc2)B(c2cc(C(C)(C)C)ccc2C)c2cc(C(C)(C)C)ccc2N1c1ccccc1-c1cccc2ccccc(C(C)(C)C)c(C)oc12)Cc1ccccc1.Cc1cccc2c1oc1ccccc12. The van der Waals surface area contributed by atoms with Crippen LogP contribution in [0.3, 0.4) is 0 Å². The highest BCUT2D eigenvalue weighted by Crippen LogP contribution is 2.45. The van der Waals surface area contributed by atoms with Crippen molar-refractivity contribution in [2.45, 2.75) is 145 Å². The predicted molar refractivity (Wildman–Crippen MR) is 372 cm³/mol. The lowest BCUT2D eigenvalue weighted by molar-refractivity contribution is 0.512. The molecule has 86 heavy (non-hydrogen) atoms. The maximum Gasteiger partial charge on any atom is 0.242 e. The number of rotatable bonds is 9. The molecule has 0 aliphatic carbocycles. The highest BCUT2D eigenvalue weighted by molar-refractivity contribution is 6.92. The third-order valence-electron chi connectivity index (χ3n) is 17.2. The van der Waals surface area contributed by atoms with Gasteiger partial charge in [-0.15, -0.1) is 0 Å². The van der Waals surface area contributed by atoms with E-state index in [9.17, 15) is 0 Å². The third kappa shape index (κ3) is 13.1. The lowest BCUT2D eigenvalue weighted by atomic mass is 9.33. The number of benzene rings is 8. The van der Waals surface area contributed by atoms with Gasteiger partial charge < -0.3 is 13.7 Å². The summed E-state index contributed by atoms with van der Waals surface area (Å²) < 4.78 is 13.0. The molecule has 11 rings (SSSR count). The van der Waals surface area contributed by atoms with E-state index in [4.69, 9.17) is 8.83 Å². The van der Waals surface area contributed by atoms with Gasteiger partial charge in [-0.2, -0.15) is 0 Å². The van der Waals surface area contributed by atoms with E-state index < -0.39 is 0 Å². The van der Waals surface area contributed by atoms with Crippen LogP contribution in [0.25, 0.3) is 44.0 Å². The molecule has 0 N–H and O–H groups in total. The first kappa shape index (κ1) is 60.8. The first-order valence-corrected chi connectivity index (χ1v) is 31.0. The Morgan fingerprint density at radius 2 is 1.05 bits per heavy atom. The smallest absolute Gasteiger partial charge is 0.242 e. The van der Waals surface area contributed by atoms with Crippen LogP contribution in [0.15, 0.2) is 244 Å². The minimum atomic E-state index is -0.115. The van der Waals surface area contributed by atoms with E-state index in [1.54, 1.807) is 0 Å². The predicted octanol–water partition coefficient (Wildman–Crippen LogP) is 21.5. The molecule has 0 saturated carbocycles. The van der Waals surface area contributed by atoms with Crippen LogP contribution < -0.4 is 15.8 Å². The van der Waals surface area contributed by atoms with Gasteiger partial charge in [0.15, 0.2) is 0 Å². The zero-order valence-corrected chi connectivity index (χ0v) is 54.0. The van der Waals surface area contributed by atoms with E-state index in [1.165, 1.54) is 88.6 Å². The number of hydrogen-bond acceptors (Lipinski definition) is 3. The van der Waals surface area contributed by atoms with Crippen LogP contribution in [-0.2, 0) is 34.5 Å². The molecule has 0 spiro atoms. The molecular formula is C82H88BNO2. The fourth-order valence-electron chi connectivity index (χ4n) is 12.4. The Bertz CT molecular complexity index is 4250. The van der Waals surface area contributed by atoms with E-state index in [-0.39, 0.29) is 28.4 Å². The Kier molecular flexibility index (Phi) is 17.4. The number of furan rings is 1. The quantitative estimate of drug-likeness (QED) is 0.107. The summed E-state index contributed by atoms with van der Waals surface area (Å²) in [5.41, 5.74) is 23.8. The minimum absolute atomic E-state index is 0.0391. The fraction of sp³-hybridized carbons (Fsp3) is 0.268. The first-order valence-electron chi connectivity index (χ1n) is 31.0. The van der Waals surface area contributed by atoms with Crippen molar-refractivity contribution in [2.75, 3.05) is 4.90 Å². The molecule has 1 aliphatic rings. The molecule has 2 aromatic heterocycles. The molecule has 436 valence electrons. The van der Waals surface area contributed by atoms with Crippen LogP contribution in [0, 0.1) is 20.8 Å². The van der Waals surface area contributed by atoms with Gasteiger partial charge in [-0.25, -0.2) is 0 Å². The van der Waals surface area contributed by atoms with Crippen molar-refractivity contribution in [3.05, 3.63) is 285 Å². The number of allylic oxidation sites excluding steroid dienone is 5. The standard InChI is InChI=1S/C69H78BNO.C13H10O/c1-16-25-51(42-49-26-18-17-19-27-49)44-64-60(43-50-35-38-53(39-36-50)66(4,5)6)70(59-45-54(67(7,8)9)37-34-47(59)2)61-46-55(68(10,11)12)40-41-63(61)71(64)62-33-23-21-30-56(62)57-31-24-29-52-28-20-22-32-58(69(13,14)15)48(3)72-65(52)57;1-9-5-4-7-11-10-6-2-3-8-12(10)14-13(9)11/h16-41,44-46H,42-43H2,1-15H3;2-8H,1H3/b25-16+,28-20?,32-22?,51-44+,58-48?;. The summed E-state index contributed by atoms with van der Waals surface area (Å²) in [5.74, 6) is 0.905. The maximum atomic E-state index is 7.18. The summed E-state index contributed by atoms with van der Waals surface area (Å²) in [4.78, 5) is 2.61. The molecule has 8 aromatic carbocycles. The van der Waals surface area contributed by atoms with Crippen molar-refractivity contribution < 1.29 is 8.83 Å². The number of anilines is 2. The molecule has 0 unspecified atom stereocenters. The highest BCUT2D eigenvalue weighted by Gasteiger charge is 2.40. The number of nitrogens with zero attached hydrogens (tertiary/aromatic N) is 1. The monoisotopic (exact) mass is 1130 g/mol. The average Bonchev–Trinajstić information content (AvgIpc) is 0.906. The van der Waals surface area contributed by atoms with E-state index in [0.29, 0.717) is 0 Å². The lowest BCUT2D eigenvalue weighted by Gasteiger charge is -2.41. The van der Waals surface area contributed by atoms with Crippen LogP contribution in [0.5, 0.6) is 0 Å². The van der Waals surface area contributed by atoms with Crippen LogP contribution in [0.4, 0.5) is 11.4 Å². The number of aryl methyl sites for hydroxylation is 3. The number of fused-ring (bicyclic) bond motifs is 5. The molecule has 0 bridgehead atoms. The Hall–Kier alpha value is -8.34. The van der Waals surface area contributed by atoms with Crippen molar-refractivity contribution in [3.63, 3.8) is 0 Å². The molecule has 3 nitrogen and oxygen atoms in total. The van der Waals surface area contributed by atoms with Gasteiger partial charge in [0.25, 0.3) is 0 Å². The maximum absolute atomic E-state index is 7.18. The summed E-state index contributed by atoms with van der Waals surface area (Å²) >= 11 is 0. The molecule has 0 atom stereocenters. The van der Waals surface area contributed by atoms with Crippen molar-refractivity contribution >= 4 is 61.9 Å². The first-order chi connectivity index (χ1) is 40.9. The molecule has 0 amide bonds. The van der Waals surface area contributed by atoms with Crippen molar-refractivity contribution in [1.29, 1.82) is 0 Å². The van der Waals surface area contributed by atoms with Gasteiger partial charge in [-0.05, 0) is 136 Å². The summed E-state index contributed by atoms with van der Waals surface area (Å²) in [6.07, 6.45) is 8.59. The Morgan fingerprint density at radius 3 is 1.74 bits per heavy atom. The van der Waals surface area contributed by atoms with Crippen LogP contribution in [0.2, 0.25) is 0 Å². The molecule has 3 heterocycles. The highest BCUT2D eigenvalue weighted by atomic mass is 16.3. The second kappa shape index (κ2) is 24.6. The zero-order valence-electron chi connectivity index (χ0n) is 54.0. The van der Waals surface area contributed by atoms with E-state index >= 15 is 0 Å². The zero-order chi connectivity index (χ0) is 61.3. The van der Waals surface area contributed by atoms with E-state index in [1.807, 2.05) is 18.2 Å². The van der Waals surface area contributed by atoms with Gasteiger partial charge in [-0.1, -0.05) is 294 Å². The minimum Gasteiger partial charge on any atom is -0.460 e. The van der Waals surface area contributed by atoms with Gasteiger partial charge >= 0.3 is 0 Å². The van der Waals surface area contributed by atoms with Gasteiger partial charge in [0.1, 0.15) is 22.5 Å². The van der Waals surface area contributed by atoms with Crippen LogP contribution in [-0.4, -0.2) is 6.71 Å². The Labute approximate surface area is 514 Å². The van der Waals surface area contributed by atoms with Gasteiger partial charge in [0, 0.05) is 38.7 Å². The van der Waals surface area contributed by atoms with Crippen LogP contribution in [0.1, 0.15) is 140 Å². The third-order valence-corrected chi connectivity index (χ3v) is 17.2. The normalized spacial score (nSPS) is 13.4. The summed E-state index contributed by atoms with van der Waals surface area (Å²) in [5, 5.41) is 3.45. The molecular weight excluding hydrogens is 1040 g/mol.